The molecule has 0 fully saturated rings. The monoisotopic (exact) mass is 374 g/mol. The van der Waals surface area contributed by atoms with Crippen molar-refractivity contribution in [1.29, 1.82) is 0 Å². The SMILES string of the molecule is COC(=O)C[C@@H](c1cc(Cl)cc(C(F)(F)F)c1)C(N)C(N)=O.Cl. The average molecular weight is 375 g/mol. The van der Waals surface area contributed by atoms with Crippen molar-refractivity contribution in [2.24, 2.45) is 11.5 Å². The molecule has 130 valence electrons. The standard InChI is InChI=1S/C13H14ClF3N2O3.ClH/c1-22-10(20)5-9(11(18)12(19)21)6-2-7(13(15,16)17)4-8(14)3-6;/h2-4,9,11H,5,18H2,1H3,(H2,19,21);1H/t9-,11?;/m0./s1. The lowest BCUT2D eigenvalue weighted by atomic mass is 9.87. The van der Waals surface area contributed by atoms with Gasteiger partial charge in [-0.25, -0.2) is 0 Å². The molecule has 1 unspecified atom stereocenters. The Kier molecular flexibility index (Phi) is 7.82. The second-order valence-electron chi connectivity index (χ2n) is 4.59. The Labute approximate surface area is 141 Å². The lowest BCUT2D eigenvalue weighted by Gasteiger charge is -2.22. The summed E-state index contributed by atoms with van der Waals surface area (Å²) in [6, 6.07) is 1.35. The van der Waals surface area contributed by atoms with Crippen LogP contribution in [0, 0.1) is 0 Å². The summed E-state index contributed by atoms with van der Waals surface area (Å²) in [5.74, 6) is -2.78. The number of nitrogens with two attached hydrogens (primary N) is 2. The molecule has 23 heavy (non-hydrogen) atoms. The van der Waals surface area contributed by atoms with Crippen LogP contribution in [0.3, 0.4) is 0 Å². The molecule has 0 radical (unpaired) electrons. The van der Waals surface area contributed by atoms with Crippen molar-refractivity contribution in [2.45, 2.75) is 24.6 Å². The Balaban J connectivity index is 0.00000484. The third-order valence-corrected chi connectivity index (χ3v) is 3.27. The van der Waals surface area contributed by atoms with Crippen molar-refractivity contribution in [3.8, 4) is 0 Å². The highest BCUT2D eigenvalue weighted by Crippen LogP contribution is 2.35. The number of carbonyl (C=O) groups is 2. The molecular weight excluding hydrogens is 360 g/mol. The van der Waals surface area contributed by atoms with Gasteiger partial charge in [0.2, 0.25) is 5.91 Å². The van der Waals surface area contributed by atoms with E-state index in [2.05, 4.69) is 4.74 Å². The Morgan fingerprint density at radius 2 is 1.87 bits per heavy atom. The van der Waals surface area contributed by atoms with Crippen LogP contribution in [0.1, 0.15) is 23.5 Å². The zero-order chi connectivity index (χ0) is 17.1. The van der Waals surface area contributed by atoms with Crippen LogP contribution in [0.25, 0.3) is 0 Å². The first-order valence-corrected chi connectivity index (χ1v) is 6.43. The maximum absolute atomic E-state index is 12.8. The van der Waals surface area contributed by atoms with Crippen molar-refractivity contribution in [1.82, 2.24) is 0 Å². The molecule has 0 spiro atoms. The first-order chi connectivity index (χ1) is 10.1. The van der Waals surface area contributed by atoms with Crippen LogP contribution < -0.4 is 11.5 Å². The van der Waals surface area contributed by atoms with E-state index in [1.54, 1.807) is 0 Å². The highest BCUT2D eigenvalue weighted by molar-refractivity contribution is 6.30. The van der Waals surface area contributed by atoms with E-state index in [0.29, 0.717) is 0 Å². The summed E-state index contributed by atoms with van der Waals surface area (Å²) in [6.45, 7) is 0. The van der Waals surface area contributed by atoms with E-state index in [0.717, 1.165) is 19.2 Å². The molecule has 4 N–H and O–H groups in total. The largest absolute Gasteiger partial charge is 0.469 e. The molecule has 0 heterocycles. The van der Waals surface area contributed by atoms with Crippen LogP contribution in [0.15, 0.2) is 18.2 Å². The Hall–Kier alpha value is -1.51. The molecule has 1 aromatic carbocycles. The smallest absolute Gasteiger partial charge is 0.416 e. The van der Waals surface area contributed by atoms with Crippen molar-refractivity contribution >= 4 is 35.9 Å². The third-order valence-electron chi connectivity index (χ3n) is 3.05. The molecule has 0 saturated carbocycles. The summed E-state index contributed by atoms with van der Waals surface area (Å²) >= 11 is 5.68. The second kappa shape index (κ2) is 8.37. The number of methoxy groups -OCH3 is 1. The van der Waals surface area contributed by atoms with Crippen LogP contribution >= 0.6 is 24.0 Å². The van der Waals surface area contributed by atoms with Crippen LogP contribution in [0.2, 0.25) is 5.02 Å². The number of hydrogen-bond donors (Lipinski definition) is 2. The predicted octanol–water partition coefficient (Wildman–Crippen LogP) is 2.24. The van der Waals surface area contributed by atoms with Crippen LogP contribution in [0.4, 0.5) is 13.2 Å². The van der Waals surface area contributed by atoms with Gasteiger partial charge < -0.3 is 16.2 Å². The maximum atomic E-state index is 12.8. The molecule has 0 bridgehead atoms. The third kappa shape index (κ3) is 5.89. The lowest BCUT2D eigenvalue weighted by Crippen LogP contribution is -2.42. The zero-order valence-electron chi connectivity index (χ0n) is 11.9. The molecule has 10 heteroatoms. The molecule has 5 nitrogen and oxygen atoms in total. The Morgan fingerprint density at radius 1 is 1.30 bits per heavy atom. The zero-order valence-corrected chi connectivity index (χ0v) is 13.5. The molecule has 2 atom stereocenters. The fourth-order valence-corrected chi connectivity index (χ4v) is 2.15. The van der Waals surface area contributed by atoms with E-state index in [1.165, 1.54) is 6.07 Å². The van der Waals surface area contributed by atoms with Crippen molar-refractivity contribution in [3.05, 3.63) is 34.3 Å². The van der Waals surface area contributed by atoms with Gasteiger partial charge in [0.15, 0.2) is 0 Å². The number of esters is 1. The minimum Gasteiger partial charge on any atom is -0.469 e. The van der Waals surface area contributed by atoms with Gasteiger partial charge in [0.25, 0.3) is 0 Å². The highest BCUT2D eigenvalue weighted by Gasteiger charge is 2.34. The van der Waals surface area contributed by atoms with Gasteiger partial charge in [0, 0.05) is 10.9 Å². The Bertz CT molecular complexity index is 582. The normalized spacial score (nSPS) is 13.7. The van der Waals surface area contributed by atoms with Gasteiger partial charge in [0.05, 0.1) is 25.1 Å². The number of carbonyl (C=O) groups excluding carboxylic acids is 2. The van der Waals surface area contributed by atoms with E-state index < -0.39 is 42.0 Å². The molecule has 0 saturated heterocycles. The van der Waals surface area contributed by atoms with Gasteiger partial charge in [-0.1, -0.05) is 11.6 Å². The van der Waals surface area contributed by atoms with Crippen molar-refractivity contribution < 1.29 is 27.5 Å². The molecule has 1 amide bonds. The summed E-state index contributed by atoms with van der Waals surface area (Å²) < 4.78 is 42.9. The molecule has 1 rings (SSSR count). The number of alkyl halides is 3. The minimum atomic E-state index is -4.63. The van der Waals surface area contributed by atoms with E-state index in [9.17, 15) is 22.8 Å². The van der Waals surface area contributed by atoms with E-state index in [1.807, 2.05) is 0 Å². The fraction of sp³-hybridized carbons (Fsp3) is 0.385. The number of rotatable bonds is 5. The van der Waals surface area contributed by atoms with Crippen LogP contribution in [0.5, 0.6) is 0 Å². The number of primary amides is 1. The van der Waals surface area contributed by atoms with E-state index in [4.69, 9.17) is 23.1 Å². The van der Waals surface area contributed by atoms with Gasteiger partial charge in [-0.3, -0.25) is 9.59 Å². The minimum absolute atomic E-state index is 0. The summed E-state index contributed by atoms with van der Waals surface area (Å²) in [4.78, 5) is 22.6. The van der Waals surface area contributed by atoms with Crippen LogP contribution in [-0.2, 0) is 20.5 Å². The van der Waals surface area contributed by atoms with Gasteiger partial charge in [-0.2, -0.15) is 13.2 Å². The summed E-state index contributed by atoms with van der Waals surface area (Å²) in [7, 11) is 1.11. The molecule has 0 aliphatic rings. The number of halogens is 5. The molecule has 0 aromatic heterocycles. The topological polar surface area (TPSA) is 95.4 Å². The van der Waals surface area contributed by atoms with Gasteiger partial charge in [-0.15, -0.1) is 12.4 Å². The summed E-state index contributed by atoms with van der Waals surface area (Å²) in [5.41, 5.74) is 9.65. The number of amides is 1. The fourth-order valence-electron chi connectivity index (χ4n) is 1.90. The number of ether oxygens (including phenoxy) is 1. The summed E-state index contributed by atoms with van der Waals surface area (Å²) in [5, 5.41) is -0.198. The lowest BCUT2D eigenvalue weighted by molar-refractivity contribution is -0.141. The van der Waals surface area contributed by atoms with E-state index in [-0.39, 0.29) is 23.0 Å². The van der Waals surface area contributed by atoms with Crippen molar-refractivity contribution in [2.75, 3.05) is 7.11 Å². The molecule has 1 aromatic rings. The van der Waals surface area contributed by atoms with Gasteiger partial charge >= 0.3 is 12.1 Å². The molecule has 0 aliphatic carbocycles. The predicted molar refractivity (Wildman–Crippen MR) is 80.2 cm³/mol. The van der Waals surface area contributed by atoms with E-state index >= 15 is 0 Å². The Morgan fingerprint density at radius 3 is 2.30 bits per heavy atom. The highest BCUT2D eigenvalue weighted by atomic mass is 35.5. The average Bonchev–Trinajstić information content (AvgIpc) is 2.41. The first-order valence-electron chi connectivity index (χ1n) is 6.05. The molecule has 0 aliphatic heterocycles. The number of benzene rings is 1. The van der Waals surface area contributed by atoms with Gasteiger partial charge in [-0.05, 0) is 23.8 Å². The van der Waals surface area contributed by atoms with Gasteiger partial charge in [0.1, 0.15) is 0 Å². The molecular formula is C13H15Cl2F3N2O3. The van der Waals surface area contributed by atoms with Crippen LogP contribution in [-0.4, -0.2) is 25.0 Å². The summed E-state index contributed by atoms with van der Waals surface area (Å²) in [6.07, 6.45) is -5.04. The van der Waals surface area contributed by atoms with Crippen molar-refractivity contribution in [3.63, 3.8) is 0 Å². The quantitative estimate of drug-likeness (QED) is 0.772. The second-order valence-corrected chi connectivity index (χ2v) is 5.02. The maximum Gasteiger partial charge on any atom is 0.416 e. The number of hydrogen-bond acceptors (Lipinski definition) is 4. The first kappa shape index (κ1) is 21.5.